The summed E-state index contributed by atoms with van der Waals surface area (Å²) < 4.78 is 38.5. The highest BCUT2D eigenvalue weighted by molar-refractivity contribution is 7.92. The lowest BCUT2D eigenvalue weighted by molar-refractivity contribution is -0.140. The van der Waals surface area contributed by atoms with Gasteiger partial charge in [-0.2, -0.15) is 0 Å². The molecule has 0 spiro atoms. The Labute approximate surface area is 242 Å². The third-order valence-electron chi connectivity index (χ3n) is 6.80. The van der Waals surface area contributed by atoms with Gasteiger partial charge in [0.25, 0.3) is 0 Å². The maximum absolute atomic E-state index is 14.2. The van der Waals surface area contributed by atoms with Crippen LogP contribution in [-0.4, -0.2) is 56.3 Å². The minimum Gasteiger partial charge on any atom is -0.454 e. The minimum absolute atomic E-state index is 0.0364. The number of benzene rings is 3. The summed E-state index contributed by atoms with van der Waals surface area (Å²) in [6.45, 7) is 6.90. The highest BCUT2D eigenvalue weighted by Gasteiger charge is 2.34. The zero-order valence-electron chi connectivity index (χ0n) is 23.9. The molecule has 41 heavy (non-hydrogen) atoms. The molecule has 1 aliphatic rings. The Morgan fingerprint density at radius 3 is 2.27 bits per heavy atom. The SMILES string of the molecule is CCS(=O)(=O)N(CC(=O)N(Cc1ccc(C)cc1)[C@H](Cc1ccccc1)C(=O)NC(C)C)c1ccc2c(c1)OCO2. The minimum atomic E-state index is -3.87. The summed E-state index contributed by atoms with van der Waals surface area (Å²) >= 11 is 0. The smallest absolute Gasteiger partial charge is 0.244 e. The van der Waals surface area contributed by atoms with Gasteiger partial charge in [0.1, 0.15) is 12.6 Å². The second kappa shape index (κ2) is 13.1. The lowest BCUT2D eigenvalue weighted by Gasteiger charge is -2.34. The number of nitrogens with one attached hydrogen (secondary N) is 1. The Balaban J connectivity index is 1.74. The van der Waals surface area contributed by atoms with Crippen LogP contribution in [0.3, 0.4) is 0 Å². The molecule has 0 fully saturated rings. The number of amides is 2. The first-order chi connectivity index (χ1) is 19.6. The summed E-state index contributed by atoms with van der Waals surface area (Å²) in [5.41, 5.74) is 3.05. The van der Waals surface area contributed by atoms with Gasteiger partial charge in [-0.05, 0) is 51.0 Å². The van der Waals surface area contributed by atoms with Crippen molar-refractivity contribution in [2.75, 3.05) is 23.4 Å². The van der Waals surface area contributed by atoms with E-state index in [0.29, 0.717) is 11.5 Å². The van der Waals surface area contributed by atoms with E-state index in [-0.39, 0.29) is 43.1 Å². The van der Waals surface area contributed by atoms with Crippen LogP contribution in [0.25, 0.3) is 0 Å². The summed E-state index contributed by atoms with van der Waals surface area (Å²) in [6.07, 6.45) is 0.265. The van der Waals surface area contributed by atoms with Gasteiger partial charge in [-0.25, -0.2) is 8.42 Å². The number of hydrogen-bond donors (Lipinski definition) is 1. The van der Waals surface area contributed by atoms with Gasteiger partial charge in [0.05, 0.1) is 11.4 Å². The van der Waals surface area contributed by atoms with E-state index in [9.17, 15) is 18.0 Å². The van der Waals surface area contributed by atoms with Crippen molar-refractivity contribution >= 4 is 27.5 Å². The van der Waals surface area contributed by atoms with Crippen LogP contribution in [0.5, 0.6) is 11.5 Å². The van der Waals surface area contributed by atoms with Crippen LogP contribution in [0.2, 0.25) is 0 Å². The zero-order valence-corrected chi connectivity index (χ0v) is 24.7. The van der Waals surface area contributed by atoms with Crippen molar-refractivity contribution in [2.24, 2.45) is 0 Å². The molecule has 9 nitrogen and oxygen atoms in total. The Hall–Kier alpha value is -4.05. The summed E-state index contributed by atoms with van der Waals surface area (Å²) in [4.78, 5) is 29.3. The summed E-state index contributed by atoms with van der Waals surface area (Å²) in [5.74, 6) is -0.116. The van der Waals surface area contributed by atoms with Gasteiger partial charge in [-0.3, -0.25) is 13.9 Å². The molecule has 218 valence electrons. The molecular weight excluding hydrogens is 542 g/mol. The van der Waals surface area contributed by atoms with Crippen molar-refractivity contribution in [3.63, 3.8) is 0 Å². The number of carbonyl (C=O) groups is 2. The van der Waals surface area contributed by atoms with Crippen LogP contribution in [-0.2, 0) is 32.6 Å². The first-order valence-electron chi connectivity index (χ1n) is 13.7. The predicted octanol–water partition coefficient (Wildman–Crippen LogP) is 4.04. The lowest BCUT2D eigenvalue weighted by atomic mass is 10.0. The van der Waals surface area contributed by atoms with E-state index in [4.69, 9.17) is 9.47 Å². The van der Waals surface area contributed by atoms with Crippen LogP contribution in [0.4, 0.5) is 5.69 Å². The van der Waals surface area contributed by atoms with Gasteiger partial charge >= 0.3 is 0 Å². The monoisotopic (exact) mass is 579 g/mol. The van der Waals surface area contributed by atoms with Crippen molar-refractivity contribution in [3.05, 3.63) is 89.5 Å². The van der Waals surface area contributed by atoms with Crippen LogP contribution < -0.4 is 19.1 Å². The molecule has 4 rings (SSSR count). The normalized spacial score (nSPS) is 13.1. The Morgan fingerprint density at radius 2 is 1.61 bits per heavy atom. The van der Waals surface area contributed by atoms with Gasteiger partial charge in [0.15, 0.2) is 11.5 Å². The molecule has 0 bridgehead atoms. The number of hydrogen-bond acceptors (Lipinski definition) is 6. The quantitative estimate of drug-likeness (QED) is 0.347. The van der Waals surface area contributed by atoms with Gasteiger partial charge < -0.3 is 19.7 Å². The summed E-state index contributed by atoms with van der Waals surface area (Å²) in [7, 11) is -3.87. The molecule has 2 amide bonds. The molecule has 1 atom stereocenters. The average molecular weight is 580 g/mol. The average Bonchev–Trinajstić information content (AvgIpc) is 3.42. The number of sulfonamides is 1. The maximum Gasteiger partial charge on any atom is 0.244 e. The van der Waals surface area contributed by atoms with Crippen molar-refractivity contribution in [3.8, 4) is 11.5 Å². The molecule has 0 aliphatic carbocycles. The van der Waals surface area contributed by atoms with Crippen molar-refractivity contribution < 1.29 is 27.5 Å². The predicted molar refractivity (Wildman–Crippen MR) is 158 cm³/mol. The van der Waals surface area contributed by atoms with Gasteiger partial charge in [-0.15, -0.1) is 0 Å². The maximum atomic E-state index is 14.2. The number of fused-ring (bicyclic) bond motifs is 1. The molecule has 0 radical (unpaired) electrons. The van der Waals surface area contributed by atoms with Crippen LogP contribution in [0.1, 0.15) is 37.5 Å². The highest BCUT2D eigenvalue weighted by Crippen LogP contribution is 2.36. The third kappa shape index (κ3) is 7.58. The van der Waals surface area contributed by atoms with Gasteiger partial charge in [-0.1, -0.05) is 60.2 Å². The topological polar surface area (TPSA) is 105 Å². The van der Waals surface area contributed by atoms with Crippen molar-refractivity contribution in [1.29, 1.82) is 0 Å². The van der Waals surface area contributed by atoms with Crippen molar-refractivity contribution in [1.82, 2.24) is 10.2 Å². The molecule has 3 aromatic carbocycles. The molecular formula is C31H37N3O6S. The molecule has 0 saturated heterocycles. The van der Waals surface area contributed by atoms with E-state index in [2.05, 4.69) is 5.32 Å². The molecule has 1 aliphatic heterocycles. The number of rotatable bonds is 12. The fourth-order valence-corrected chi connectivity index (χ4v) is 5.64. The van der Waals surface area contributed by atoms with Gasteiger partial charge in [0, 0.05) is 25.1 Å². The number of ether oxygens (including phenoxy) is 2. The number of aryl methyl sites for hydroxylation is 1. The van der Waals surface area contributed by atoms with Crippen LogP contribution >= 0.6 is 0 Å². The zero-order chi connectivity index (χ0) is 29.6. The number of carbonyl (C=O) groups excluding carboxylic acids is 2. The van der Waals surface area contributed by atoms with Crippen LogP contribution in [0.15, 0.2) is 72.8 Å². The van der Waals surface area contributed by atoms with Gasteiger partial charge in [0.2, 0.25) is 28.6 Å². The molecule has 0 saturated carbocycles. The van der Waals surface area contributed by atoms with E-state index in [0.717, 1.165) is 21.0 Å². The van der Waals surface area contributed by atoms with E-state index in [1.165, 1.54) is 11.8 Å². The van der Waals surface area contributed by atoms with E-state index >= 15 is 0 Å². The largest absolute Gasteiger partial charge is 0.454 e. The van der Waals surface area contributed by atoms with E-state index < -0.39 is 28.5 Å². The highest BCUT2D eigenvalue weighted by atomic mass is 32.2. The third-order valence-corrected chi connectivity index (χ3v) is 8.54. The summed E-state index contributed by atoms with van der Waals surface area (Å²) in [6, 6.07) is 20.9. The molecule has 10 heteroatoms. The standard InChI is InChI=1S/C31H37N3O6S/c1-5-41(37,38)34(26-15-16-28-29(18-26)40-21-39-28)20-30(35)33(19-25-13-11-23(4)12-14-25)27(31(36)32-22(2)3)17-24-9-7-6-8-10-24/h6-16,18,22,27H,5,17,19-21H2,1-4H3,(H,32,36)/t27-/m1/s1. The van der Waals surface area contributed by atoms with Crippen molar-refractivity contribution in [2.45, 2.75) is 52.7 Å². The fraction of sp³-hybridized carbons (Fsp3) is 0.355. The Bertz CT molecular complexity index is 1460. The number of nitrogens with zero attached hydrogens (tertiary/aromatic N) is 2. The lowest BCUT2D eigenvalue weighted by Crippen LogP contribution is -2.54. The molecule has 0 aromatic heterocycles. The molecule has 0 unspecified atom stereocenters. The second-order valence-electron chi connectivity index (χ2n) is 10.3. The Morgan fingerprint density at radius 1 is 0.927 bits per heavy atom. The fourth-order valence-electron chi connectivity index (χ4n) is 4.58. The first kappa shape index (κ1) is 29.9. The summed E-state index contributed by atoms with van der Waals surface area (Å²) in [5, 5.41) is 2.95. The molecule has 3 aromatic rings. The number of anilines is 1. The Kier molecular flexibility index (Phi) is 9.54. The first-order valence-corrected chi connectivity index (χ1v) is 15.3. The molecule has 1 N–H and O–H groups in total. The van der Waals surface area contributed by atoms with E-state index in [1.807, 2.05) is 75.4 Å². The molecule has 1 heterocycles. The second-order valence-corrected chi connectivity index (χ2v) is 12.5. The van der Waals surface area contributed by atoms with E-state index in [1.54, 1.807) is 18.2 Å². The van der Waals surface area contributed by atoms with Crippen LogP contribution in [0, 0.1) is 6.92 Å².